The minimum Gasteiger partial charge on any atom is -0.334 e. The van der Waals surface area contributed by atoms with Gasteiger partial charge in [-0.2, -0.15) is 0 Å². The molecule has 1 saturated heterocycles. The van der Waals surface area contributed by atoms with Gasteiger partial charge in [0.2, 0.25) is 5.91 Å². The van der Waals surface area contributed by atoms with Crippen LogP contribution in [-0.4, -0.2) is 23.9 Å². The maximum atomic E-state index is 12.8. The van der Waals surface area contributed by atoms with Gasteiger partial charge in [0.1, 0.15) is 0 Å². The minimum absolute atomic E-state index is 0.259. The van der Waals surface area contributed by atoms with Crippen LogP contribution < -0.4 is 5.32 Å². The van der Waals surface area contributed by atoms with Crippen molar-refractivity contribution in [3.05, 3.63) is 71.8 Å². The normalized spacial score (nSPS) is 16.9. The van der Waals surface area contributed by atoms with Crippen molar-refractivity contribution in [1.82, 2.24) is 10.2 Å². The Hall–Kier alpha value is -2.13. The van der Waals surface area contributed by atoms with Gasteiger partial charge in [0.25, 0.3) is 0 Å². The molecule has 0 radical (unpaired) electrons. The van der Waals surface area contributed by atoms with E-state index in [-0.39, 0.29) is 5.91 Å². The van der Waals surface area contributed by atoms with Crippen LogP contribution >= 0.6 is 0 Å². The van der Waals surface area contributed by atoms with Crippen molar-refractivity contribution in [3.8, 4) is 0 Å². The van der Waals surface area contributed by atoms with E-state index in [4.69, 9.17) is 0 Å². The van der Waals surface area contributed by atoms with E-state index in [1.165, 1.54) is 17.5 Å². The lowest BCUT2D eigenvalue weighted by Gasteiger charge is -2.24. The van der Waals surface area contributed by atoms with E-state index in [1.807, 2.05) is 41.3 Å². The van der Waals surface area contributed by atoms with Crippen molar-refractivity contribution in [2.24, 2.45) is 5.92 Å². The average Bonchev–Trinajstić information content (AvgIpc) is 3.14. The van der Waals surface area contributed by atoms with Crippen LogP contribution in [0.4, 0.5) is 0 Å². The zero-order valence-corrected chi connectivity index (χ0v) is 14.2. The lowest BCUT2D eigenvalue weighted by Crippen LogP contribution is -2.30. The van der Waals surface area contributed by atoms with Crippen LogP contribution in [0.3, 0.4) is 0 Å². The first-order valence-electron chi connectivity index (χ1n) is 8.87. The maximum absolute atomic E-state index is 12.8. The molecule has 0 aromatic heterocycles. The number of carbonyl (C=O) groups is 1. The van der Waals surface area contributed by atoms with Crippen molar-refractivity contribution >= 4 is 5.91 Å². The summed E-state index contributed by atoms with van der Waals surface area (Å²) < 4.78 is 0. The van der Waals surface area contributed by atoms with Gasteiger partial charge in [-0.15, -0.1) is 0 Å². The molecule has 1 N–H and O–H groups in total. The van der Waals surface area contributed by atoms with E-state index in [9.17, 15) is 4.79 Å². The third-order valence-corrected chi connectivity index (χ3v) is 4.71. The van der Waals surface area contributed by atoms with E-state index >= 15 is 0 Å². The van der Waals surface area contributed by atoms with Gasteiger partial charge in [-0.3, -0.25) is 4.79 Å². The number of hydrogen-bond donors (Lipinski definition) is 1. The van der Waals surface area contributed by atoms with Gasteiger partial charge in [-0.25, -0.2) is 0 Å². The van der Waals surface area contributed by atoms with Gasteiger partial charge in [0, 0.05) is 19.5 Å². The van der Waals surface area contributed by atoms with Crippen molar-refractivity contribution < 1.29 is 4.79 Å². The second kappa shape index (κ2) is 8.65. The molecule has 1 unspecified atom stereocenters. The quantitative estimate of drug-likeness (QED) is 0.844. The first kappa shape index (κ1) is 16.7. The van der Waals surface area contributed by atoms with Crippen LogP contribution in [0.2, 0.25) is 0 Å². The average molecular weight is 322 g/mol. The Labute approximate surface area is 144 Å². The third kappa shape index (κ3) is 4.93. The summed E-state index contributed by atoms with van der Waals surface area (Å²) in [5.41, 5.74) is 2.37. The van der Waals surface area contributed by atoms with Crippen LogP contribution in [0.25, 0.3) is 0 Å². The van der Waals surface area contributed by atoms with E-state index < -0.39 is 0 Å². The van der Waals surface area contributed by atoms with Gasteiger partial charge in [0.05, 0.1) is 0 Å². The van der Waals surface area contributed by atoms with Crippen LogP contribution in [0, 0.1) is 5.92 Å². The molecule has 0 spiro atoms. The van der Waals surface area contributed by atoms with Gasteiger partial charge >= 0.3 is 0 Å². The molecule has 0 saturated carbocycles. The molecular weight excluding hydrogens is 296 g/mol. The van der Waals surface area contributed by atoms with Crippen LogP contribution in [0.15, 0.2) is 60.7 Å². The number of nitrogens with zero attached hydrogens (tertiary/aromatic N) is 1. The maximum Gasteiger partial charge on any atom is 0.223 e. The summed E-state index contributed by atoms with van der Waals surface area (Å²) in [5, 5.41) is 3.38. The van der Waals surface area contributed by atoms with E-state index in [0.29, 0.717) is 25.4 Å². The first-order chi connectivity index (χ1) is 11.8. The van der Waals surface area contributed by atoms with Crippen molar-refractivity contribution in [1.29, 1.82) is 0 Å². The molecule has 126 valence electrons. The smallest absolute Gasteiger partial charge is 0.223 e. The van der Waals surface area contributed by atoms with E-state index in [1.54, 1.807) is 0 Å². The molecule has 1 atom stereocenters. The molecule has 0 aliphatic carbocycles. The SMILES string of the molecule is O=C(CCC1CCNC1)N(Cc1ccccc1)Cc1ccccc1. The molecule has 3 heteroatoms. The fourth-order valence-electron chi connectivity index (χ4n) is 3.29. The summed E-state index contributed by atoms with van der Waals surface area (Å²) >= 11 is 0. The lowest BCUT2D eigenvalue weighted by atomic mass is 10.0. The van der Waals surface area contributed by atoms with Crippen molar-refractivity contribution in [2.45, 2.75) is 32.4 Å². The Balaban J connectivity index is 1.64. The molecule has 1 heterocycles. The molecule has 1 aliphatic rings. The highest BCUT2D eigenvalue weighted by Gasteiger charge is 2.19. The molecule has 1 amide bonds. The third-order valence-electron chi connectivity index (χ3n) is 4.71. The second-order valence-electron chi connectivity index (χ2n) is 6.62. The summed E-state index contributed by atoms with van der Waals surface area (Å²) in [6, 6.07) is 20.5. The number of nitrogens with one attached hydrogen (secondary N) is 1. The molecule has 2 aromatic rings. The van der Waals surface area contributed by atoms with E-state index in [2.05, 4.69) is 29.6 Å². The Morgan fingerprint density at radius 3 is 2.04 bits per heavy atom. The van der Waals surface area contributed by atoms with Gasteiger partial charge in [0.15, 0.2) is 0 Å². The molecule has 2 aromatic carbocycles. The molecule has 24 heavy (non-hydrogen) atoms. The van der Waals surface area contributed by atoms with Gasteiger partial charge in [-0.05, 0) is 43.0 Å². The minimum atomic E-state index is 0.259. The molecule has 3 nitrogen and oxygen atoms in total. The summed E-state index contributed by atoms with van der Waals surface area (Å²) in [6.45, 7) is 3.51. The summed E-state index contributed by atoms with van der Waals surface area (Å²) in [6.07, 6.45) is 2.84. The van der Waals surface area contributed by atoms with Gasteiger partial charge < -0.3 is 10.2 Å². The fraction of sp³-hybridized carbons (Fsp3) is 0.381. The number of benzene rings is 2. The molecular formula is C21H26N2O. The van der Waals surface area contributed by atoms with Crippen LogP contribution in [0.1, 0.15) is 30.4 Å². The number of hydrogen-bond acceptors (Lipinski definition) is 2. The first-order valence-corrected chi connectivity index (χ1v) is 8.87. The molecule has 1 aliphatic heterocycles. The van der Waals surface area contributed by atoms with E-state index in [0.717, 1.165) is 19.5 Å². The largest absolute Gasteiger partial charge is 0.334 e. The topological polar surface area (TPSA) is 32.3 Å². The Bertz CT molecular complexity index is 579. The Kier molecular flexibility index (Phi) is 6.02. The second-order valence-corrected chi connectivity index (χ2v) is 6.62. The predicted molar refractivity (Wildman–Crippen MR) is 97.3 cm³/mol. The standard InChI is InChI=1S/C21H26N2O/c24-21(12-11-18-13-14-22-15-18)23(16-19-7-3-1-4-8-19)17-20-9-5-2-6-10-20/h1-10,18,22H,11-17H2. The van der Waals surface area contributed by atoms with Crippen LogP contribution in [0.5, 0.6) is 0 Å². The number of carbonyl (C=O) groups excluding carboxylic acids is 1. The lowest BCUT2D eigenvalue weighted by molar-refractivity contribution is -0.132. The fourth-order valence-corrected chi connectivity index (χ4v) is 3.29. The van der Waals surface area contributed by atoms with Crippen molar-refractivity contribution in [3.63, 3.8) is 0 Å². The highest BCUT2D eigenvalue weighted by molar-refractivity contribution is 5.76. The monoisotopic (exact) mass is 322 g/mol. The van der Waals surface area contributed by atoms with Crippen molar-refractivity contribution in [2.75, 3.05) is 13.1 Å². The van der Waals surface area contributed by atoms with Crippen LogP contribution in [-0.2, 0) is 17.9 Å². The Morgan fingerprint density at radius 2 is 1.54 bits per heavy atom. The highest BCUT2D eigenvalue weighted by Crippen LogP contribution is 2.17. The highest BCUT2D eigenvalue weighted by atomic mass is 16.2. The molecule has 3 rings (SSSR count). The summed E-state index contributed by atoms with van der Waals surface area (Å²) in [4.78, 5) is 14.8. The zero-order valence-electron chi connectivity index (χ0n) is 14.2. The Morgan fingerprint density at radius 1 is 0.958 bits per heavy atom. The number of rotatable bonds is 7. The number of amides is 1. The predicted octanol–water partition coefficient (Wildman–Crippen LogP) is 3.61. The summed E-state index contributed by atoms with van der Waals surface area (Å²) in [5.74, 6) is 0.916. The zero-order chi connectivity index (χ0) is 16.6. The van der Waals surface area contributed by atoms with Gasteiger partial charge in [-0.1, -0.05) is 60.7 Å². The molecule has 0 bridgehead atoms. The molecule has 1 fully saturated rings. The summed E-state index contributed by atoms with van der Waals surface area (Å²) in [7, 11) is 0.